The predicted octanol–water partition coefficient (Wildman–Crippen LogP) is 6.82. The van der Waals surface area contributed by atoms with Gasteiger partial charge < -0.3 is 19.1 Å². The van der Waals surface area contributed by atoms with Crippen LogP contribution in [-0.4, -0.2) is 55.3 Å². The first-order valence-corrected chi connectivity index (χ1v) is 16.6. The van der Waals surface area contributed by atoms with E-state index in [2.05, 4.69) is 4.98 Å². The third-order valence-electron chi connectivity index (χ3n) is 7.58. The van der Waals surface area contributed by atoms with Crippen LogP contribution in [0.4, 0.5) is 9.93 Å². The number of aromatic nitrogens is 1. The van der Waals surface area contributed by atoms with E-state index in [-0.39, 0.29) is 40.7 Å². The highest BCUT2D eigenvalue weighted by Crippen LogP contribution is 2.40. The maximum absolute atomic E-state index is 13.9. The Bertz CT molecular complexity index is 1530. The topological polar surface area (TPSA) is 98.3 Å². The van der Waals surface area contributed by atoms with Gasteiger partial charge in [0.05, 0.1) is 23.6 Å². The van der Waals surface area contributed by atoms with E-state index < -0.39 is 15.6 Å². The minimum atomic E-state index is -4.01. The zero-order valence-electron chi connectivity index (χ0n) is 24.4. The predicted molar refractivity (Wildman–Crippen MR) is 163 cm³/mol. The molecule has 0 unspecified atom stereocenters. The number of ether oxygens (including phenoxy) is 3. The molecule has 5 rings (SSSR count). The number of rotatable bonds is 8. The highest BCUT2D eigenvalue weighted by atomic mass is 35.5. The van der Waals surface area contributed by atoms with E-state index in [4.69, 9.17) is 25.8 Å². The number of benzene rings is 2. The van der Waals surface area contributed by atoms with Gasteiger partial charge in [-0.2, -0.15) is 0 Å². The number of carbonyl (C=O) groups is 1. The first-order chi connectivity index (χ1) is 19.9. The zero-order valence-corrected chi connectivity index (χ0v) is 26.8. The first-order valence-electron chi connectivity index (χ1n) is 13.9. The van der Waals surface area contributed by atoms with Crippen molar-refractivity contribution in [3.8, 4) is 11.5 Å². The fourth-order valence-corrected chi connectivity index (χ4v) is 8.19. The number of sulfonamides is 1. The van der Waals surface area contributed by atoms with Gasteiger partial charge in [-0.25, -0.2) is 22.5 Å². The van der Waals surface area contributed by atoms with Crippen molar-refractivity contribution in [1.82, 2.24) is 9.88 Å². The lowest BCUT2D eigenvalue weighted by molar-refractivity contribution is -0.00707. The second-order valence-corrected chi connectivity index (χ2v) is 14.8. The molecule has 1 amide bonds. The third kappa shape index (κ3) is 6.48. The van der Waals surface area contributed by atoms with Crippen LogP contribution in [0.1, 0.15) is 57.6 Å². The van der Waals surface area contributed by atoms with Gasteiger partial charge in [0, 0.05) is 36.5 Å². The lowest BCUT2D eigenvalue weighted by Crippen LogP contribution is -2.50. The van der Waals surface area contributed by atoms with Gasteiger partial charge in [-0.3, -0.25) is 0 Å². The van der Waals surface area contributed by atoms with Crippen molar-refractivity contribution in [2.75, 3.05) is 11.4 Å². The third-order valence-corrected chi connectivity index (χ3v) is 10.5. The Morgan fingerprint density at radius 1 is 1.14 bits per heavy atom. The molecule has 226 valence electrons. The molecule has 2 saturated heterocycles. The van der Waals surface area contributed by atoms with Gasteiger partial charge in [-0.15, -0.1) is 11.3 Å². The number of piperidine rings is 1. The summed E-state index contributed by atoms with van der Waals surface area (Å²) in [5.41, 5.74) is 1.18. The molecular weight excluding hydrogens is 598 g/mol. The average Bonchev–Trinajstić information content (AvgIpc) is 3.54. The van der Waals surface area contributed by atoms with Crippen LogP contribution in [0.2, 0.25) is 5.02 Å². The summed E-state index contributed by atoms with van der Waals surface area (Å²) in [5.74, 6) is 1.11. The summed E-state index contributed by atoms with van der Waals surface area (Å²) in [6.07, 6.45) is 4.26. The normalized spacial score (nSPS) is 20.3. The Kier molecular flexibility index (Phi) is 8.65. The van der Waals surface area contributed by atoms with Crippen molar-refractivity contribution in [1.29, 1.82) is 0 Å². The monoisotopic (exact) mass is 633 g/mol. The molecule has 9 nitrogen and oxygen atoms in total. The van der Waals surface area contributed by atoms with E-state index in [1.54, 1.807) is 24.8 Å². The number of halogens is 1. The largest absolute Gasteiger partial charge is 0.497 e. The second kappa shape index (κ2) is 11.9. The van der Waals surface area contributed by atoms with Gasteiger partial charge in [0.1, 0.15) is 23.2 Å². The molecule has 3 atom stereocenters. The molecule has 2 aromatic carbocycles. The van der Waals surface area contributed by atoms with E-state index >= 15 is 0 Å². The van der Waals surface area contributed by atoms with Crippen molar-refractivity contribution in [3.63, 3.8) is 0 Å². The van der Waals surface area contributed by atoms with Crippen molar-refractivity contribution >= 4 is 44.2 Å². The van der Waals surface area contributed by atoms with Crippen LogP contribution >= 0.6 is 22.9 Å². The number of amides is 1. The standard InChI is InChI=1S/C30H36ClN3O6S2/c1-19-14-23(38-5)9-6-20(19)18-33(28-32-12-13-41-28)42(36,37)25-10-11-27(26(31)17-25)39-24-15-21-7-8-22(16-24)34(21)29(35)40-30(2,3)4/h6,9-14,17,21-22,24H,7-8,15-16,18H2,1-5H3/t21-,22+,24-. The van der Waals surface area contributed by atoms with Gasteiger partial charge in [-0.1, -0.05) is 17.7 Å². The molecule has 2 aliphatic heterocycles. The lowest BCUT2D eigenvalue weighted by atomic mass is 10.00. The molecule has 3 aromatic rings. The maximum atomic E-state index is 13.9. The van der Waals surface area contributed by atoms with Crippen LogP contribution < -0.4 is 13.8 Å². The van der Waals surface area contributed by atoms with Gasteiger partial charge >= 0.3 is 6.09 Å². The molecule has 0 spiro atoms. The molecule has 0 radical (unpaired) electrons. The number of thiazole rings is 1. The Labute approximate surface area is 256 Å². The molecular formula is C30H36ClN3O6S2. The quantitative estimate of drug-likeness (QED) is 0.268. The molecule has 2 bridgehead atoms. The lowest BCUT2D eigenvalue weighted by Gasteiger charge is -2.39. The highest BCUT2D eigenvalue weighted by Gasteiger charge is 2.45. The van der Waals surface area contributed by atoms with Crippen molar-refractivity contribution in [3.05, 3.63) is 64.1 Å². The van der Waals surface area contributed by atoms with Crippen LogP contribution in [0.3, 0.4) is 0 Å². The minimum Gasteiger partial charge on any atom is -0.497 e. The summed E-state index contributed by atoms with van der Waals surface area (Å²) in [6, 6.07) is 10.2. The first kappa shape index (κ1) is 30.4. The number of carbonyl (C=O) groups excluding carboxylic acids is 1. The molecule has 0 saturated carbocycles. The summed E-state index contributed by atoms with van der Waals surface area (Å²) < 4.78 is 46.4. The van der Waals surface area contributed by atoms with Gasteiger partial charge in [0.25, 0.3) is 10.0 Å². The molecule has 1 aromatic heterocycles. The Morgan fingerprint density at radius 2 is 1.86 bits per heavy atom. The number of aryl methyl sites for hydroxylation is 1. The van der Waals surface area contributed by atoms with E-state index in [1.165, 1.54) is 27.8 Å². The van der Waals surface area contributed by atoms with Crippen LogP contribution in [0.15, 0.2) is 52.9 Å². The number of anilines is 1. The van der Waals surface area contributed by atoms with Gasteiger partial charge in [0.15, 0.2) is 5.13 Å². The fraction of sp³-hybridized carbons (Fsp3) is 0.467. The maximum Gasteiger partial charge on any atom is 0.410 e. The molecule has 0 N–H and O–H groups in total. The summed E-state index contributed by atoms with van der Waals surface area (Å²) in [4.78, 5) is 19.0. The Morgan fingerprint density at radius 3 is 2.43 bits per heavy atom. The molecule has 0 aliphatic carbocycles. The second-order valence-electron chi connectivity index (χ2n) is 11.7. The zero-order chi connectivity index (χ0) is 30.2. The number of nitrogens with zero attached hydrogens (tertiary/aromatic N) is 3. The van der Waals surface area contributed by atoms with Crippen LogP contribution in [0.5, 0.6) is 11.5 Å². The van der Waals surface area contributed by atoms with Crippen LogP contribution in [0, 0.1) is 6.92 Å². The number of hydrogen-bond donors (Lipinski definition) is 0. The molecule has 3 heterocycles. The van der Waals surface area contributed by atoms with Crippen molar-refractivity contribution < 1.29 is 27.4 Å². The Balaban J connectivity index is 1.33. The van der Waals surface area contributed by atoms with Crippen LogP contribution in [-0.2, 0) is 21.3 Å². The fourth-order valence-electron chi connectivity index (χ4n) is 5.60. The summed E-state index contributed by atoms with van der Waals surface area (Å²) in [5, 5.41) is 2.30. The van der Waals surface area contributed by atoms with E-state index in [9.17, 15) is 13.2 Å². The molecule has 12 heteroatoms. The number of fused-ring (bicyclic) bond motifs is 2. The van der Waals surface area contributed by atoms with Gasteiger partial charge in [-0.05, 0) is 82.0 Å². The number of methoxy groups -OCH3 is 1. The SMILES string of the molecule is COc1ccc(CN(c2nccs2)S(=O)(=O)c2ccc(O[C@@H]3C[C@H]4CC[C@@H](C3)N4C(=O)OC(C)(C)C)c(Cl)c2)c(C)c1. The Hall–Kier alpha value is -3.02. The summed E-state index contributed by atoms with van der Waals surface area (Å²) >= 11 is 7.87. The minimum absolute atomic E-state index is 0.0373. The summed E-state index contributed by atoms with van der Waals surface area (Å²) in [6.45, 7) is 7.61. The molecule has 2 fully saturated rings. The summed E-state index contributed by atoms with van der Waals surface area (Å²) in [7, 11) is -2.42. The van der Waals surface area contributed by atoms with E-state index in [0.29, 0.717) is 29.5 Å². The average molecular weight is 634 g/mol. The highest BCUT2D eigenvalue weighted by molar-refractivity contribution is 7.93. The molecule has 42 heavy (non-hydrogen) atoms. The van der Waals surface area contributed by atoms with E-state index in [0.717, 1.165) is 24.0 Å². The van der Waals surface area contributed by atoms with E-state index in [1.807, 2.05) is 50.8 Å². The van der Waals surface area contributed by atoms with Crippen molar-refractivity contribution in [2.24, 2.45) is 0 Å². The molecule has 2 aliphatic rings. The van der Waals surface area contributed by atoms with Crippen LogP contribution in [0.25, 0.3) is 0 Å². The van der Waals surface area contributed by atoms with Crippen molar-refractivity contribution in [2.45, 2.75) is 88.6 Å². The van der Waals surface area contributed by atoms with Gasteiger partial charge in [0.2, 0.25) is 0 Å². The number of hydrogen-bond acceptors (Lipinski definition) is 8. The smallest absolute Gasteiger partial charge is 0.410 e.